The first kappa shape index (κ1) is 17.8. The summed E-state index contributed by atoms with van der Waals surface area (Å²) in [7, 11) is 2.20. The van der Waals surface area contributed by atoms with Gasteiger partial charge in [0.1, 0.15) is 11.9 Å². The summed E-state index contributed by atoms with van der Waals surface area (Å²) < 4.78 is 11.4. The van der Waals surface area contributed by atoms with Crippen molar-refractivity contribution in [2.24, 2.45) is 5.92 Å². The first-order valence-corrected chi connectivity index (χ1v) is 8.77. The molecule has 4 heteroatoms. The lowest BCUT2D eigenvalue weighted by Crippen LogP contribution is -3.14. The van der Waals surface area contributed by atoms with Crippen molar-refractivity contribution in [1.29, 1.82) is 0 Å². The molecule has 1 fully saturated rings. The minimum atomic E-state index is -0.228. The third-order valence-corrected chi connectivity index (χ3v) is 4.82. The minimum absolute atomic E-state index is 0.0154. The Labute approximate surface area is 139 Å². The summed E-state index contributed by atoms with van der Waals surface area (Å²) in [6.45, 7) is 8.27. The van der Waals surface area contributed by atoms with Gasteiger partial charge in [-0.2, -0.15) is 0 Å². The number of carbonyl (C=O) groups is 1. The zero-order valence-corrected chi connectivity index (χ0v) is 14.8. The molecule has 1 N–H and O–H groups in total. The molecule has 23 heavy (non-hydrogen) atoms. The zero-order valence-electron chi connectivity index (χ0n) is 14.8. The van der Waals surface area contributed by atoms with Crippen molar-refractivity contribution in [2.75, 3.05) is 20.2 Å². The fourth-order valence-electron chi connectivity index (χ4n) is 3.01. The smallest absolute Gasteiger partial charge is 0.338 e. The van der Waals surface area contributed by atoms with Gasteiger partial charge in [0.05, 0.1) is 31.8 Å². The third kappa shape index (κ3) is 4.96. The van der Waals surface area contributed by atoms with E-state index in [4.69, 9.17) is 9.47 Å². The number of rotatable bonds is 6. The van der Waals surface area contributed by atoms with Gasteiger partial charge < -0.3 is 14.4 Å². The fraction of sp³-hybridized carbons (Fsp3) is 0.632. The van der Waals surface area contributed by atoms with Gasteiger partial charge in [-0.1, -0.05) is 20.3 Å². The van der Waals surface area contributed by atoms with E-state index in [1.807, 2.05) is 12.1 Å². The van der Waals surface area contributed by atoms with Crippen molar-refractivity contribution in [2.45, 2.75) is 52.2 Å². The van der Waals surface area contributed by atoms with E-state index in [0.29, 0.717) is 24.1 Å². The third-order valence-electron chi connectivity index (χ3n) is 4.82. The van der Waals surface area contributed by atoms with E-state index in [2.05, 4.69) is 27.8 Å². The average molecular weight is 320 g/mol. The zero-order chi connectivity index (χ0) is 16.8. The predicted octanol–water partition coefficient (Wildman–Crippen LogP) is 2.33. The maximum absolute atomic E-state index is 12.3. The number of benzene rings is 1. The lowest BCUT2D eigenvalue weighted by atomic mass is 9.92. The standard InChI is InChI=1S/C19H29NO3/c1-5-6-11-22-17-9-7-16(8-10-17)19(21)23-18-12-15(3)20(4)13-14(18)2/h7-10,14-15,18H,5-6,11-13H2,1-4H3/p+1/t14-,15-,18-/m0/s1. The molecule has 1 unspecified atom stereocenters. The van der Waals surface area contributed by atoms with Gasteiger partial charge in [0.25, 0.3) is 0 Å². The van der Waals surface area contributed by atoms with Gasteiger partial charge in [-0.3, -0.25) is 0 Å². The Hall–Kier alpha value is -1.55. The Morgan fingerprint density at radius 1 is 1.26 bits per heavy atom. The second kappa shape index (κ2) is 8.34. The van der Waals surface area contributed by atoms with Crippen LogP contribution in [-0.2, 0) is 4.74 Å². The predicted molar refractivity (Wildman–Crippen MR) is 91.0 cm³/mol. The van der Waals surface area contributed by atoms with E-state index >= 15 is 0 Å². The number of ether oxygens (including phenoxy) is 2. The van der Waals surface area contributed by atoms with Crippen LogP contribution in [0.4, 0.5) is 0 Å². The first-order chi connectivity index (χ1) is 11.0. The summed E-state index contributed by atoms with van der Waals surface area (Å²) in [5, 5.41) is 0. The molecule has 0 radical (unpaired) electrons. The molecule has 0 aromatic heterocycles. The van der Waals surface area contributed by atoms with Crippen LogP contribution in [0.25, 0.3) is 0 Å². The highest BCUT2D eigenvalue weighted by Gasteiger charge is 2.34. The highest BCUT2D eigenvalue weighted by Crippen LogP contribution is 2.19. The van der Waals surface area contributed by atoms with Crippen molar-refractivity contribution < 1.29 is 19.2 Å². The largest absolute Gasteiger partial charge is 0.494 e. The molecule has 1 heterocycles. The van der Waals surface area contributed by atoms with E-state index in [1.54, 1.807) is 12.1 Å². The Balaban J connectivity index is 1.90. The number of unbranched alkanes of at least 4 members (excludes halogenated alkanes) is 1. The second-order valence-electron chi connectivity index (χ2n) is 6.83. The highest BCUT2D eigenvalue weighted by molar-refractivity contribution is 5.89. The number of piperidine rings is 1. The number of likely N-dealkylation sites (tertiary alicyclic amines) is 1. The average Bonchev–Trinajstić information content (AvgIpc) is 2.53. The monoisotopic (exact) mass is 320 g/mol. The van der Waals surface area contributed by atoms with Crippen molar-refractivity contribution in [3.8, 4) is 5.75 Å². The molecule has 1 saturated heterocycles. The van der Waals surface area contributed by atoms with Crippen LogP contribution in [0.15, 0.2) is 24.3 Å². The van der Waals surface area contributed by atoms with Gasteiger partial charge in [0.2, 0.25) is 0 Å². The molecule has 0 spiro atoms. The summed E-state index contributed by atoms with van der Waals surface area (Å²) in [5.74, 6) is 0.973. The Morgan fingerprint density at radius 3 is 2.61 bits per heavy atom. The molecule has 0 aliphatic carbocycles. The minimum Gasteiger partial charge on any atom is -0.494 e. The van der Waals surface area contributed by atoms with Crippen LogP contribution in [0.5, 0.6) is 5.75 Å². The Kier molecular flexibility index (Phi) is 6.46. The van der Waals surface area contributed by atoms with Gasteiger partial charge in [0, 0.05) is 12.3 Å². The van der Waals surface area contributed by atoms with Crippen molar-refractivity contribution in [3.05, 3.63) is 29.8 Å². The number of nitrogens with one attached hydrogen (secondary N) is 1. The molecular weight excluding hydrogens is 290 g/mol. The number of esters is 1. The Morgan fingerprint density at radius 2 is 1.96 bits per heavy atom. The molecule has 0 amide bonds. The van der Waals surface area contributed by atoms with Crippen LogP contribution in [0.3, 0.4) is 0 Å². The van der Waals surface area contributed by atoms with E-state index in [-0.39, 0.29) is 12.1 Å². The summed E-state index contributed by atoms with van der Waals surface area (Å²) in [5.41, 5.74) is 0.596. The molecule has 0 bridgehead atoms. The topological polar surface area (TPSA) is 40.0 Å². The summed E-state index contributed by atoms with van der Waals surface area (Å²) in [6.07, 6.45) is 3.09. The van der Waals surface area contributed by atoms with E-state index in [0.717, 1.165) is 31.6 Å². The molecule has 1 aliphatic rings. The van der Waals surface area contributed by atoms with Crippen LogP contribution >= 0.6 is 0 Å². The van der Waals surface area contributed by atoms with Gasteiger partial charge in [0.15, 0.2) is 0 Å². The molecule has 1 aliphatic heterocycles. The van der Waals surface area contributed by atoms with E-state index < -0.39 is 0 Å². The van der Waals surface area contributed by atoms with Gasteiger partial charge in [-0.05, 0) is 37.6 Å². The normalized spacial score (nSPS) is 27.5. The van der Waals surface area contributed by atoms with Crippen LogP contribution in [-0.4, -0.2) is 38.3 Å². The molecule has 128 valence electrons. The summed E-state index contributed by atoms with van der Waals surface area (Å²) >= 11 is 0. The number of hydrogen-bond acceptors (Lipinski definition) is 3. The first-order valence-electron chi connectivity index (χ1n) is 8.77. The van der Waals surface area contributed by atoms with Crippen molar-refractivity contribution in [3.63, 3.8) is 0 Å². The lowest BCUT2D eigenvalue weighted by molar-refractivity contribution is -0.914. The van der Waals surface area contributed by atoms with Gasteiger partial charge in [-0.15, -0.1) is 0 Å². The van der Waals surface area contributed by atoms with Crippen LogP contribution < -0.4 is 9.64 Å². The number of carbonyl (C=O) groups excluding carboxylic acids is 1. The van der Waals surface area contributed by atoms with E-state index in [1.165, 1.54) is 4.90 Å². The highest BCUT2D eigenvalue weighted by atomic mass is 16.5. The second-order valence-corrected chi connectivity index (χ2v) is 6.83. The molecule has 2 rings (SSSR count). The fourth-order valence-corrected chi connectivity index (χ4v) is 3.01. The van der Waals surface area contributed by atoms with Crippen LogP contribution in [0, 0.1) is 5.92 Å². The molecule has 1 aromatic rings. The SMILES string of the molecule is CCCCOc1ccc(C(=O)O[C@H]2C[C@H](C)[NH+](C)C[C@@H]2C)cc1. The van der Waals surface area contributed by atoms with Crippen molar-refractivity contribution >= 4 is 5.97 Å². The van der Waals surface area contributed by atoms with Crippen LogP contribution in [0.2, 0.25) is 0 Å². The number of quaternary nitrogens is 1. The van der Waals surface area contributed by atoms with Crippen LogP contribution in [0.1, 0.15) is 50.4 Å². The van der Waals surface area contributed by atoms with Crippen molar-refractivity contribution in [1.82, 2.24) is 0 Å². The summed E-state index contributed by atoms with van der Waals surface area (Å²) in [6, 6.07) is 7.79. The molecule has 1 aromatic carbocycles. The molecular formula is C19H30NO3+. The van der Waals surface area contributed by atoms with E-state index in [9.17, 15) is 4.79 Å². The van der Waals surface area contributed by atoms with Gasteiger partial charge >= 0.3 is 5.97 Å². The molecule has 0 saturated carbocycles. The quantitative estimate of drug-likeness (QED) is 0.646. The molecule has 4 nitrogen and oxygen atoms in total. The Bertz CT molecular complexity index is 500. The molecule has 4 atom stereocenters. The maximum atomic E-state index is 12.3. The lowest BCUT2D eigenvalue weighted by Gasteiger charge is -2.36. The van der Waals surface area contributed by atoms with Gasteiger partial charge in [-0.25, -0.2) is 4.79 Å². The number of hydrogen-bond donors (Lipinski definition) is 1. The summed E-state index contributed by atoms with van der Waals surface area (Å²) in [4.78, 5) is 13.9. The maximum Gasteiger partial charge on any atom is 0.338 e.